The molecular weight excluding hydrogens is 316 g/mol. The highest BCUT2D eigenvalue weighted by atomic mass is 35.5. The molecular formula is C18H19ClO4. The van der Waals surface area contributed by atoms with E-state index in [4.69, 9.17) is 21.1 Å². The minimum Gasteiger partial charge on any atom is -0.466 e. The number of halogens is 1. The Morgan fingerprint density at radius 3 is 2.43 bits per heavy atom. The van der Waals surface area contributed by atoms with Gasteiger partial charge in [-0.1, -0.05) is 35.9 Å². The van der Waals surface area contributed by atoms with Gasteiger partial charge in [-0.05, 0) is 43.7 Å². The number of aliphatic hydroxyl groups is 1. The Bertz CT molecular complexity index is 665. The molecule has 4 nitrogen and oxygen atoms in total. The van der Waals surface area contributed by atoms with Gasteiger partial charge in [0.05, 0.1) is 23.7 Å². The van der Waals surface area contributed by atoms with Crippen LogP contribution >= 0.6 is 11.6 Å². The molecule has 0 aliphatic heterocycles. The molecule has 0 saturated heterocycles. The summed E-state index contributed by atoms with van der Waals surface area (Å²) >= 11 is 6.05. The van der Waals surface area contributed by atoms with E-state index in [0.29, 0.717) is 28.7 Å². The number of carbonyl (C=O) groups excluding carboxylic acids is 1. The standard InChI is InChI=1S/C18H19ClO4/c1-3-22-17(20)12-18(2,21)13-8-10-14(11-9-13)23-16-7-5-4-6-15(16)19/h4-11,21H,3,12H2,1-2H3. The van der Waals surface area contributed by atoms with Crippen molar-refractivity contribution in [3.8, 4) is 11.5 Å². The second-order valence-electron chi connectivity index (χ2n) is 5.31. The molecule has 23 heavy (non-hydrogen) atoms. The van der Waals surface area contributed by atoms with Crippen molar-refractivity contribution in [2.24, 2.45) is 0 Å². The molecule has 0 radical (unpaired) electrons. The molecule has 122 valence electrons. The Kier molecular flexibility index (Phi) is 5.64. The lowest BCUT2D eigenvalue weighted by Gasteiger charge is -2.23. The van der Waals surface area contributed by atoms with Crippen LogP contribution in [0.4, 0.5) is 0 Å². The third-order valence-corrected chi connectivity index (χ3v) is 3.65. The van der Waals surface area contributed by atoms with Crippen LogP contribution in [0.5, 0.6) is 11.5 Å². The summed E-state index contributed by atoms with van der Waals surface area (Å²) in [5.41, 5.74) is -0.688. The number of hydrogen-bond acceptors (Lipinski definition) is 4. The molecule has 2 aromatic carbocycles. The average Bonchev–Trinajstić information content (AvgIpc) is 2.50. The van der Waals surface area contributed by atoms with Crippen LogP contribution < -0.4 is 4.74 Å². The summed E-state index contributed by atoms with van der Waals surface area (Å²) in [6.45, 7) is 3.60. The first-order valence-corrected chi connectivity index (χ1v) is 7.71. The van der Waals surface area contributed by atoms with Gasteiger partial charge in [0.25, 0.3) is 0 Å². The van der Waals surface area contributed by atoms with Crippen LogP contribution in [0.2, 0.25) is 5.02 Å². The SMILES string of the molecule is CCOC(=O)CC(C)(O)c1ccc(Oc2ccccc2Cl)cc1. The Labute approximate surface area is 140 Å². The van der Waals surface area contributed by atoms with E-state index in [1.165, 1.54) is 0 Å². The molecule has 0 aliphatic rings. The predicted molar refractivity (Wildman–Crippen MR) is 88.8 cm³/mol. The molecule has 0 spiro atoms. The molecule has 5 heteroatoms. The smallest absolute Gasteiger partial charge is 0.309 e. The summed E-state index contributed by atoms with van der Waals surface area (Å²) in [5.74, 6) is 0.711. The zero-order chi connectivity index (χ0) is 16.9. The topological polar surface area (TPSA) is 55.8 Å². The molecule has 0 amide bonds. The number of ether oxygens (including phenoxy) is 2. The van der Waals surface area contributed by atoms with Crippen LogP contribution in [0, 0.1) is 0 Å². The van der Waals surface area contributed by atoms with E-state index in [9.17, 15) is 9.90 Å². The van der Waals surface area contributed by atoms with Crippen LogP contribution in [-0.2, 0) is 15.1 Å². The Morgan fingerprint density at radius 1 is 1.17 bits per heavy atom. The molecule has 0 heterocycles. The minimum absolute atomic E-state index is 0.106. The number of carbonyl (C=O) groups is 1. The maximum Gasteiger partial charge on any atom is 0.309 e. The van der Waals surface area contributed by atoms with Crippen molar-refractivity contribution in [2.45, 2.75) is 25.9 Å². The van der Waals surface area contributed by atoms with E-state index in [1.54, 1.807) is 50.2 Å². The number of benzene rings is 2. The van der Waals surface area contributed by atoms with E-state index >= 15 is 0 Å². The van der Waals surface area contributed by atoms with Gasteiger partial charge in [0, 0.05) is 0 Å². The van der Waals surface area contributed by atoms with Crippen molar-refractivity contribution in [1.29, 1.82) is 0 Å². The summed E-state index contributed by atoms with van der Waals surface area (Å²) in [7, 11) is 0. The number of esters is 1. The highest BCUT2D eigenvalue weighted by molar-refractivity contribution is 6.32. The van der Waals surface area contributed by atoms with Crippen LogP contribution in [0.15, 0.2) is 48.5 Å². The van der Waals surface area contributed by atoms with Crippen molar-refractivity contribution in [3.05, 3.63) is 59.1 Å². The zero-order valence-corrected chi connectivity index (χ0v) is 13.8. The Hall–Kier alpha value is -2.04. The first-order valence-electron chi connectivity index (χ1n) is 7.33. The van der Waals surface area contributed by atoms with Gasteiger partial charge >= 0.3 is 5.97 Å². The van der Waals surface area contributed by atoms with Crippen molar-refractivity contribution >= 4 is 17.6 Å². The van der Waals surface area contributed by atoms with Gasteiger partial charge in [0.2, 0.25) is 0 Å². The van der Waals surface area contributed by atoms with Gasteiger partial charge in [-0.2, -0.15) is 0 Å². The van der Waals surface area contributed by atoms with Crippen LogP contribution in [0.3, 0.4) is 0 Å². The third-order valence-electron chi connectivity index (χ3n) is 3.33. The molecule has 0 aliphatic carbocycles. The highest BCUT2D eigenvalue weighted by Gasteiger charge is 2.27. The number of hydrogen-bond donors (Lipinski definition) is 1. The number of rotatable bonds is 6. The fraction of sp³-hybridized carbons (Fsp3) is 0.278. The normalized spacial score (nSPS) is 13.2. The van der Waals surface area contributed by atoms with Gasteiger partial charge in [-0.15, -0.1) is 0 Å². The van der Waals surface area contributed by atoms with E-state index in [0.717, 1.165) is 0 Å². The van der Waals surface area contributed by atoms with Gasteiger partial charge in [-0.25, -0.2) is 0 Å². The van der Waals surface area contributed by atoms with Gasteiger partial charge in [0.15, 0.2) is 0 Å². The van der Waals surface area contributed by atoms with Gasteiger partial charge < -0.3 is 14.6 Å². The fourth-order valence-electron chi connectivity index (χ4n) is 2.13. The lowest BCUT2D eigenvalue weighted by Crippen LogP contribution is -2.26. The summed E-state index contributed by atoms with van der Waals surface area (Å²) in [6, 6.07) is 14.0. The number of para-hydroxylation sites is 1. The molecule has 0 saturated carbocycles. The predicted octanol–water partition coefficient (Wildman–Crippen LogP) is 4.29. The van der Waals surface area contributed by atoms with Crippen LogP contribution in [0.25, 0.3) is 0 Å². The molecule has 0 aromatic heterocycles. The fourth-order valence-corrected chi connectivity index (χ4v) is 2.31. The zero-order valence-electron chi connectivity index (χ0n) is 13.1. The Morgan fingerprint density at radius 2 is 1.83 bits per heavy atom. The lowest BCUT2D eigenvalue weighted by atomic mass is 9.92. The molecule has 2 rings (SSSR count). The second kappa shape index (κ2) is 7.49. The average molecular weight is 335 g/mol. The minimum atomic E-state index is -1.30. The van der Waals surface area contributed by atoms with E-state index in [2.05, 4.69) is 0 Å². The van der Waals surface area contributed by atoms with Crippen molar-refractivity contribution in [2.75, 3.05) is 6.61 Å². The molecule has 1 unspecified atom stereocenters. The van der Waals surface area contributed by atoms with E-state index in [-0.39, 0.29) is 6.42 Å². The molecule has 2 aromatic rings. The summed E-state index contributed by atoms with van der Waals surface area (Å²) in [4.78, 5) is 11.6. The summed E-state index contributed by atoms with van der Waals surface area (Å²) in [5, 5.41) is 11.0. The van der Waals surface area contributed by atoms with Crippen molar-refractivity contribution < 1.29 is 19.4 Å². The maximum absolute atomic E-state index is 11.6. The highest BCUT2D eigenvalue weighted by Crippen LogP contribution is 2.31. The van der Waals surface area contributed by atoms with Gasteiger partial charge in [0.1, 0.15) is 11.5 Å². The lowest BCUT2D eigenvalue weighted by molar-refractivity contribution is -0.148. The maximum atomic E-state index is 11.6. The molecule has 0 bridgehead atoms. The monoisotopic (exact) mass is 334 g/mol. The second-order valence-corrected chi connectivity index (χ2v) is 5.72. The Balaban J connectivity index is 2.09. The van der Waals surface area contributed by atoms with Gasteiger partial charge in [-0.3, -0.25) is 4.79 Å². The summed E-state index contributed by atoms with van der Waals surface area (Å²) in [6.07, 6.45) is -0.106. The van der Waals surface area contributed by atoms with Crippen molar-refractivity contribution in [1.82, 2.24) is 0 Å². The third kappa shape index (κ3) is 4.71. The molecule has 1 atom stereocenters. The van der Waals surface area contributed by atoms with E-state index in [1.807, 2.05) is 12.1 Å². The summed E-state index contributed by atoms with van der Waals surface area (Å²) < 4.78 is 10.6. The first kappa shape index (κ1) is 17.3. The van der Waals surface area contributed by atoms with Crippen LogP contribution in [-0.4, -0.2) is 17.7 Å². The van der Waals surface area contributed by atoms with Crippen LogP contribution in [0.1, 0.15) is 25.8 Å². The molecule has 1 N–H and O–H groups in total. The quantitative estimate of drug-likeness (QED) is 0.800. The van der Waals surface area contributed by atoms with Crippen molar-refractivity contribution in [3.63, 3.8) is 0 Å². The first-order chi connectivity index (χ1) is 10.9. The largest absolute Gasteiger partial charge is 0.466 e. The van der Waals surface area contributed by atoms with E-state index < -0.39 is 11.6 Å². The molecule has 0 fully saturated rings.